The summed E-state index contributed by atoms with van der Waals surface area (Å²) in [6.07, 6.45) is 6.23. The zero-order chi connectivity index (χ0) is 24.6. The highest BCUT2D eigenvalue weighted by atomic mass is 32.2. The molecule has 1 aliphatic carbocycles. The van der Waals surface area contributed by atoms with Gasteiger partial charge in [-0.3, -0.25) is 9.59 Å². The first-order valence-electron chi connectivity index (χ1n) is 11.6. The second kappa shape index (κ2) is 11.6. The smallest absolute Gasteiger partial charge is 0.227 e. The summed E-state index contributed by atoms with van der Waals surface area (Å²) in [4.78, 5) is 28.6. The number of carbonyl (C=O) groups is 2. The molecule has 0 saturated heterocycles. The van der Waals surface area contributed by atoms with E-state index in [4.69, 9.17) is 4.52 Å². The van der Waals surface area contributed by atoms with Crippen LogP contribution in [0, 0.1) is 0 Å². The Morgan fingerprint density at radius 2 is 1.71 bits per heavy atom. The van der Waals surface area contributed by atoms with Gasteiger partial charge in [-0.15, -0.1) is 0 Å². The molecule has 1 fully saturated rings. The predicted octanol–water partition coefficient (Wildman–Crippen LogP) is 2.05. The molecule has 0 spiro atoms. The Hall–Kier alpha value is -2.79. The Morgan fingerprint density at radius 1 is 1.06 bits per heavy atom. The van der Waals surface area contributed by atoms with E-state index in [1.165, 1.54) is 14.0 Å². The third-order valence-electron chi connectivity index (χ3n) is 6.01. The van der Waals surface area contributed by atoms with Crippen molar-refractivity contribution in [1.82, 2.24) is 25.5 Å². The maximum Gasteiger partial charge on any atom is 0.227 e. The third kappa shape index (κ3) is 7.36. The van der Waals surface area contributed by atoms with Crippen LogP contribution >= 0.6 is 0 Å². The maximum absolute atomic E-state index is 12.3. The van der Waals surface area contributed by atoms with E-state index in [1.807, 2.05) is 0 Å². The van der Waals surface area contributed by atoms with E-state index in [0.717, 1.165) is 44.1 Å². The lowest BCUT2D eigenvalue weighted by molar-refractivity contribution is -0.122. The van der Waals surface area contributed by atoms with Crippen molar-refractivity contribution in [2.45, 2.75) is 76.1 Å². The topological polar surface area (TPSA) is 143 Å². The number of hydrogen-bond donors (Lipinski definition) is 3. The monoisotopic (exact) mass is 491 g/mol. The largest absolute Gasteiger partial charge is 0.352 e. The molecule has 1 aromatic heterocycles. The summed E-state index contributed by atoms with van der Waals surface area (Å²) in [7, 11) is -1.94. The van der Waals surface area contributed by atoms with Crippen LogP contribution in [0.5, 0.6) is 0 Å². The molecule has 11 heteroatoms. The number of sulfonamides is 1. The molecular formula is C23H33N5O5S. The normalized spacial score (nSPS) is 15.9. The number of rotatable bonds is 10. The van der Waals surface area contributed by atoms with Gasteiger partial charge in [-0.25, -0.2) is 13.1 Å². The van der Waals surface area contributed by atoms with Gasteiger partial charge in [-0.05, 0) is 31.0 Å². The lowest BCUT2D eigenvalue weighted by Crippen LogP contribution is -2.45. The average Bonchev–Trinajstić information content (AvgIpc) is 3.17. The van der Waals surface area contributed by atoms with E-state index in [2.05, 4.69) is 25.5 Å². The molecule has 2 amide bonds. The summed E-state index contributed by atoms with van der Waals surface area (Å²) in [6, 6.07) is 7.04. The van der Waals surface area contributed by atoms with E-state index in [0.29, 0.717) is 30.2 Å². The van der Waals surface area contributed by atoms with E-state index in [9.17, 15) is 18.0 Å². The zero-order valence-corrected chi connectivity index (χ0v) is 20.5. The number of aromatic nitrogens is 2. The second-order valence-electron chi connectivity index (χ2n) is 8.75. The van der Waals surface area contributed by atoms with Gasteiger partial charge >= 0.3 is 0 Å². The van der Waals surface area contributed by atoms with Crippen LogP contribution in [-0.2, 0) is 43.9 Å². The van der Waals surface area contributed by atoms with Crippen molar-refractivity contribution in [3.8, 4) is 0 Å². The number of carbonyl (C=O) groups excluding carboxylic acids is 2. The number of nitrogens with zero attached hydrogens (tertiary/aromatic N) is 2. The van der Waals surface area contributed by atoms with Gasteiger partial charge in [-0.2, -0.15) is 4.98 Å². The van der Waals surface area contributed by atoms with Gasteiger partial charge in [-0.1, -0.05) is 55.1 Å². The van der Waals surface area contributed by atoms with Crippen molar-refractivity contribution in [2.75, 3.05) is 7.05 Å². The molecule has 3 N–H and O–H groups in total. The van der Waals surface area contributed by atoms with Gasteiger partial charge in [0.1, 0.15) is 5.54 Å². The molecule has 0 radical (unpaired) electrons. The molecule has 0 atom stereocenters. The summed E-state index contributed by atoms with van der Waals surface area (Å²) >= 11 is 0. The van der Waals surface area contributed by atoms with Gasteiger partial charge in [0.25, 0.3) is 0 Å². The summed E-state index contributed by atoms with van der Waals surface area (Å²) in [5, 5.41) is 10.0. The minimum atomic E-state index is -3.32. The Kier molecular flexibility index (Phi) is 8.78. The van der Waals surface area contributed by atoms with Crippen molar-refractivity contribution in [3.05, 3.63) is 47.1 Å². The van der Waals surface area contributed by atoms with E-state index >= 15 is 0 Å². The first-order valence-corrected chi connectivity index (χ1v) is 13.2. The molecule has 1 heterocycles. The van der Waals surface area contributed by atoms with Gasteiger partial charge in [0.05, 0.1) is 5.75 Å². The summed E-state index contributed by atoms with van der Waals surface area (Å²) in [6.45, 7) is 1.83. The van der Waals surface area contributed by atoms with Gasteiger partial charge in [0.2, 0.25) is 27.7 Å². The fraction of sp³-hybridized carbons (Fsp3) is 0.565. The van der Waals surface area contributed by atoms with Crippen molar-refractivity contribution < 1.29 is 22.5 Å². The molecular weight excluding hydrogens is 458 g/mol. The quantitative estimate of drug-likeness (QED) is 0.432. The van der Waals surface area contributed by atoms with Crippen LogP contribution in [0.25, 0.3) is 0 Å². The zero-order valence-electron chi connectivity index (χ0n) is 19.7. The van der Waals surface area contributed by atoms with Gasteiger partial charge < -0.3 is 15.2 Å². The molecule has 0 aliphatic heterocycles. The highest BCUT2D eigenvalue weighted by Gasteiger charge is 2.38. The van der Waals surface area contributed by atoms with E-state index in [-0.39, 0.29) is 24.0 Å². The highest BCUT2D eigenvalue weighted by Crippen LogP contribution is 2.34. The maximum atomic E-state index is 12.3. The highest BCUT2D eigenvalue weighted by molar-refractivity contribution is 7.88. The first kappa shape index (κ1) is 25.8. The lowest BCUT2D eigenvalue weighted by Gasteiger charge is -2.30. The SMILES string of the molecule is CNS(=O)(=O)Cc1ccc(CNC(=O)CCc2nc(C3(NC(C)=O)CCCCCC3)no2)cc1. The van der Waals surface area contributed by atoms with Crippen LogP contribution in [-0.4, -0.2) is 37.4 Å². The Bertz CT molecular complexity index is 1070. The van der Waals surface area contributed by atoms with Crippen molar-refractivity contribution in [3.63, 3.8) is 0 Å². The van der Waals surface area contributed by atoms with Crippen molar-refractivity contribution in [2.24, 2.45) is 0 Å². The lowest BCUT2D eigenvalue weighted by atomic mass is 9.89. The molecule has 0 bridgehead atoms. The molecule has 1 aliphatic rings. The first-order chi connectivity index (χ1) is 16.2. The van der Waals surface area contributed by atoms with Crippen LogP contribution < -0.4 is 15.4 Å². The molecule has 34 heavy (non-hydrogen) atoms. The molecule has 1 saturated carbocycles. The average molecular weight is 492 g/mol. The Morgan fingerprint density at radius 3 is 2.32 bits per heavy atom. The van der Waals surface area contributed by atoms with Crippen LogP contribution in [0.1, 0.15) is 74.7 Å². The minimum absolute atomic E-state index is 0.0917. The third-order valence-corrected chi connectivity index (χ3v) is 7.35. The Balaban J connectivity index is 1.51. The number of nitrogens with one attached hydrogen (secondary N) is 3. The second-order valence-corrected chi connectivity index (χ2v) is 10.7. The van der Waals surface area contributed by atoms with Crippen LogP contribution in [0.4, 0.5) is 0 Å². The van der Waals surface area contributed by atoms with E-state index < -0.39 is 15.6 Å². The molecule has 10 nitrogen and oxygen atoms in total. The molecule has 0 unspecified atom stereocenters. The molecule has 186 valence electrons. The van der Waals surface area contributed by atoms with Crippen LogP contribution in [0.2, 0.25) is 0 Å². The minimum Gasteiger partial charge on any atom is -0.352 e. The predicted molar refractivity (Wildman–Crippen MR) is 126 cm³/mol. The molecule has 3 rings (SSSR count). The summed E-state index contributed by atoms with van der Waals surface area (Å²) < 4.78 is 30.9. The van der Waals surface area contributed by atoms with E-state index in [1.54, 1.807) is 24.3 Å². The molecule has 1 aromatic carbocycles. The van der Waals surface area contributed by atoms with Crippen LogP contribution in [0.3, 0.4) is 0 Å². The van der Waals surface area contributed by atoms with Crippen molar-refractivity contribution >= 4 is 21.8 Å². The Labute approximate surface area is 200 Å². The fourth-order valence-electron chi connectivity index (χ4n) is 4.18. The van der Waals surface area contributed by atoms with Gasteiger partial charge in [0.15, 0.2) is 5.82 Å². The number of hydrogen-bond acceptors (Lipinski definition) is 7. The number of amides is 2. The summed E-state index contributed by atoms with van der Waals surface area (Å²) in [5.41, 5.74) is 0.928. The van der Waals surface area contributed by atoms with Gasteiger partial charge in [0, 0.05) is 26.3 Å². The van der Waals surface area contributed by atoms with Crippen LogP contribution in [0.15, 0.2) is 28.8 Å². The fourth-order valence-corrected chi connectivity index (χ4v) is 4.95. The van der Waals surface area contributed by atoms with Crippen molar-refractivity contribution in [1.29, 1.82) is 0 Å². The number of benzene rings is 1. The number of aryl methyl sites for hydroxylation is 1. The summed E-state index contributed by atoms with van der Waals surface area (Å²) in [5.74, 6) is 0.484. The standard InChI is InChI=1S/C23H33N5O5S/c1-17(29)27-23(13-5-3-4-6-14-23)22-26-21(33-28-22)12-11-20(30)25-15-18-7-9-19(10-8-18)16-34(31,32)24-2/h7-10,24H,3-6,11-16H2,1-2H3,(H,25,30)(H,27,29). The molecule has 2 aromatic rings.